The fourth-order valence-electron chi connectivity index (χ4n) is 1.55. The molecule has 4 heteroatoms. The van der Waals surface area contributed by atoms with E-state index in [-0.39, 0.29) is 11.9 Å². The third kappa shape index (κ3) is 3.47. The molecular weight excluding hydrogens is 230 g/mol. The smallest absolute Gasteiger partial charge is 0.251 e. The van der Waals surface area contributed by atoms with Crippen LogP contribution in [-0.2, 0) is 4.74 Å². The highest BCUT2D eigenvalue weighted by Gasteiger charge is 2.20. The summed E-state index contributed by atoms with van der Waals surface area (Å²) < 4.78 is 10.6. The van der Waals surface area contributed by atoms with Crippen molar-refractivity contribution in [2.75, 3.05) is 19.8 Å². The van der Waals surface area contributed by atoms with E-state index in [9.17, 15) is 4.79 Å². The minimum absolute atomic E-state index is 0.0568. The van der Waals surface area contributed by atoms with Gasteiger partial charge in [0.25, 0.3) is 5.91 Å². The Bertz CT molecular complexity index is 396. The van der Waals surface area contributed by atoms with Crippen LogP contribution in [0.25, 0.3) is 0 Å². The van der Waals surface area contributed by atoms with Crippen molar-refractivity contribution in [2.24, 2.45) is 5.92 Å². The van der Waals surface area contributed by atoms with Crippen molar-refractivity contribution in [1.82, 2.24) is 5.32 Å². The van der Waals surface area contributed by atoms with E-state index in [0.29, 0.717) is 31.3 Å². The van der Waals surface area contributed by atoms with E-state index in [0.717, 1.165) is 5.75 Å². The van der Waals surface area contributed by atoms with E-state index in [4.69, 9.17) is 9.47 Å². The van der Waals surface area contributed by atoms with Gasteiger partial charge in [-0.1, -0.05) is 13.8 Å². The average Bonchev–Trinajstić information content (AvgIpc) is 2.31. The van der Waals surface area contributed by atoms with Gasteiger partial charge in [-0.05, 0) is 30.2 Å². The van der Waals surface area contributed by atoms with Gasteiger partial charge in [-0.2, -0.15) is 0 Å². The third-order valence-electron chi connectivity index (χ3n) is 2.67. The maximum atomic E-state index is 11.8. The lowest BCUT2D eigenvalue weighted by molar-refractivity contribution is -0.00346. The molecule has 0 radical (unpaired) electrons. The van der Waals surface area contributed by atoms with Crippen LogP contribution in [0.4, 0.5) is 0 Å². The van der Waals surface area contributed by atoms with Gasteiger partial charge in [-0.25, -0.2) is 0 Å². The lowest BCUT2D eigenvalue weighted by atomic mass is 10.1. The number of carbonyl (C=O) groups excluding carboxylic acids is 1. The van der Waals surface area contributed by atoms with Crippen LogP contribution >= 0.6 is 0 Å². The van der Waals surface area contributed by atoms with Crippen LogP contribution in [-0.4, -0.2) is 31.8 Å². The Hall–Kier alpha value is -1.55. The monoisotopic (exact) mass is 249 g/mol. The molecule has 0 unspecified atom stereocenters. The number of rotatable bonds is 5. The zero-order chi connectivity index (χ0) is 13.0. The van der Waals surface area contributed by atoms with Crippen molar-refractivity contribution in [3.05, 3.63) is 29.8 Å². The van der Waals surface area contributed by atoms with Gasteiger partial charge in [0.15, 0.2) is 0 Å². The van der Waals surface area contributed by atoms with Gasteiger partial charge < -0.3 is 14.8 Å². The molecular formula is C14H19NO3. The Morgan fingerprint density at radius 2 is 2.06 bits per heavy atom. The fraction of sp³-hybridized carbons (Fsp3) is 0.500. The van der Waals surface area contributed by atoms with E-state index < -0.39 is 0 Å². The zero-order valence-electron chi connectivity index (χ0n) is 10.8. The standard InChI is InChI=1S/C14H19NO3/c1-10(2)7-18-13-5-3-11(4-6-13)14(16)15-12-8-17-9-12/h3-6,10,12H,7-9H2,1-2H3,(H,15,16). The molecule has 1 saturated heterocycles. The van der Waals surface area contributed by atoms with E-state index in [1.54, 1.807) is 12.1 Å². The molecule has 0 spiro atoms. The molecule has 0 saturated carbocycles. The largest absolute Gasteiger partial charge is 0.493 e. The van der Waals surface area contributed by atoms with Crippen LogP contribution in [0, 0.1) is 5.92 Å². The summed E-state index contributed by atoms with van der Waals surface area (Å²) in [6.45, 7) is 6.11. The summed E-state index contributed by atoms with van der Waals surface area (Å²) in [6.07, 6.45) is 0. The number of carbonyl (C=O) groups is 1. The molecule has 2 rings (SSSR count). The highest BCUT2D eigenvalue weighted by Crippen LogP contribution is 2.13. The van der Waals surface area contributed by atoms with E-state index in [1.807, 2.05) is 12.1 Å². The molecule has 1 aliphatic heterocycles. The second kappa shape index (κ2) is 5.87. The van der Waals surface area contributed by atoms with Crippen molar-refractivity contribution in [3.8, 4) is 5.75 Å². The average molecular weight is 249 g/mol. The third-order valence-corrected chi connectivity index (χ3v) is 2.67. The Morgan fingerprint density at radius 3 is 2.56 bits per heavy atom. The number of ether oxygens (including phenoxy) is 2. The molecule has 98 valence electrons. The van der Waals surface area contributed by atoms with Gasteiger partial charge in [0.1, 0.15) is 5.75 Å². The van der Waals surface area contributed by atoms with E-state index in [2.05, 4.69) is 19.2 Å². The number of amides is 1. The molecule has 18 heavy (non-hydrogen) atoms. The molecule has 1 fully saturated rings. The SMILES string of the molecule is CC(C)COc1ccc(C(=O)NC2COC2)cc1. The molecule has 1 aliphatic rings. The number of hydrogen-bond acceptors (Lipinski definition) is 3. The molecule has 1 amide bonds. The number of hydrogen-bond donors (Lipinski definition) is 1. The van der Waals surface area contributed by atoms with Crippen molar-refractivity contribution in [3.63, 3.8) is 0 Å². The maximum absolute atomic E-state index is 11.8. The highest BCUT2D eigenvalue weighted by molar-refractivity contribution is 5.94. The molecule has 0 bridgehead atoms. The van der Waals surface area contributed by atoms with Crippen LogP contribution < -0.4 is 10.1 Å². The van der Waals surface area contributed by atoms with Crippen LogP contribution in [0.1, 0.15) is 24.2 Å². The van der Waals surface area contributed by atoms with Gasteiger partial charge >= 0.3 is 0 Å². The second-order valence-electron chi connectivity index (χ2n) is 4.94. The topological polar surface area (TPSA) is 47.6 Å². The van der Waals surface area contributed by atoms with E-state index >= 15 is 0 Å². The predicted octanol–water partition coefficient (Wildman–Crippen LogP) is 1.85. The second-order valence-corrected chi connectivity index (χ2v) is 4.94. The minimum atomic E-state index is -0.0568. The normalized spacial score (nSPS) is 15.3. The van der Waals surface area contributed by atoms with Crippen molar-refractivity contribution >= 4 is 5.91 Å². The van der Waals surface area contributed by atoms with Crippen molar-refractivity contribution in [2.45, 2.75) is 19.9 Å². The summed E-state index contributed by atoms with van der Waals surface area (Å²) >= 11 is 0. The molecule has 4 nitrogen and oxygen atoms in total. The predicted molar refractivity (Wildman–Crippen MR) is 68.8 cm³/mol. The summed E-state index contributed by atoms with van der Waals surface area (Å²) in [5, 5.41) is 2.90. The Labute approximate surface area is 107 Å². The van der Waals surface area contributed by atoms with Crippen molar-refractivity contribution in [1.29, 1.82) is 0 Å². The first-order valence-corrected chi connectivity index (χ1v) is 6.26. The van der Waals surface area contributed by atoms with Crippen molar-refractivity contribution < 1.29 is 14.3 Å². The quantitative estimate of drug-likeness (QED) is 0.866. The summed E-state index contributed by atoms with van der Waals surface area (Å²) in [5.41, 5.74) is 0.652. The first-order valence-electron chi connectivity index (χ1n) is 6.26. The number of benzene rings is 1. The summed E-state index contributed by atoms with van der Waals surface area (Å²) in [6, 6.07) is 7.38. The van der Waals surface area contributed by atoms with Gasteiger partial charge in [0.05, 0.1) is 25.9 Å². The van der Waals surface area contributed by atoms with Gasteiger partial charge in [-0.15, -0.1) is 0 Å². The van der Waals surface area contributed by atoms with Crippen LogP contribution in [0.5, 0.6) is 5.75 Å². The maximum Gasteiger partial charge on any atom is 0.251 e. The Kier molecular flexibility index (Phi) is 4.20. The molecule has 0 aliphatic carbocycles. The number of nitrogens with one attached hydrogen (secondary N) is 1. The molecule has 1 aromatic rings. The van der Waals surface area contributed by atoms with E-state index in [1.165, 1.54) is 0 Å². The van der Waals surface area contributed by atoms with Crippen LogP contribution in [0.15, 0.2) is 24.3 Å². The van der Waals surface area contributed by atoms with Gasteiger partial charge in [0, 0.05) is 5.56 Å². The fourth-order valence-corrected chi connectivity index (χ4v) is 1.55. The first kappa shape index (κ1) is 12.9. The summed E-state index contributed by atoms with van der Waals surface area (Å²) in [4.78, 5) is 11.8. The molecule has 1 N–H and O–H groups in total. The molecule has 1 heterocycles. The Balaban J connectivity index is 1.87. The Morgan fingerprint density at radius 1 is 1.39 bits per heavy atom. The highest BCUT2D eigenvalue weighted by atomic mass is 16.5. The first-order chi connectivity index (χ1) is 8.65. The lowest BCUT2D eigenvalue weighted by Gasteiger charge is -2.26. The molecule has 0 atom stereocenters. The summed E-state index contributed by atoms with van der Waals surface area (Å²) in [5.74, 6) is 1.23. The lowest BCUT2D eigenvalue weighted by Crippen LogP contribution is -2.48. The minimum Gasteiger partial charge on any atom is -0.493 e. The van der Waals surface area contributed by atoms with Crippen LogP contribution in [0.3, 0.4) is 0 Å². The van der Waals surface area contributed by atoms with Gasteiger partial charge in [-0.3, -0.25) is 4.79 Å². The summed E-state index contributed by atoms with van der Waals surface area (Å²) in [7, 11) is 0. The van der Waals surface area contributed by atoms with Gasteiger partial charge in [0.2, 0.25) is 0 Å². The molecule has 1 aromatic carbocycles. The van der Waals surface area contributed by atoms with Crippen LogP contribution in [0.2, 0.25) is 0 Å². The zero-order valence-corrected chi connectivity index (χ0v) is 10.8. The molecule has 0 aromatic heterocycles.